The molecule has 2 rings (SSSR count). The number of ether oxygens (including phenoxy) is 1. The molecule has 0 amide bonds. The molecule has 0 fully saturated rings. The number of hydrazine groups is 1. The molecule has 0 aliphatic rings. The third kappa shape index (κ3) is 2.23. The maximum absolute atomic E-state index is 5.54. The van der Waals surface area contributed by atoms with Crippen molar-refractivity contribution in [1.82, 2.24) is 15.0 Å². The van der Waals surface area contributed by atoms with Gasteiger partial charge in [-0.3, -0.25) is 10.4 Å². The molecule has 3 N–H and O–H groups in total. The Labute approximate surface area is 92.5 Å². The predicted molar refractivity (Wildman–Crippen MR) is 58.9 cm³/mol. The lowest BCUT2D eigenvalue weighted by atomic mass is 10.4. The van der Waals surface area contributed by atoms with E-state index >= 15 is 0 Å². The van der Waals surface area contributed by atoms with Crippen LogP contribution in [0.25, 0.3) is 0 Å². The third-order valence-corrected chi connectivity index (χ3v) is 1.90. The zero-order valence-electron chi connectivity index (χ0n) is 8.71. The van der Waals surface area contributed by atoms with E-state index in [1.54, 1.807) is 30.7 Å². The van der Waals surface area contributed by atoms with E-state index in [1.165, 1.54) is 0 Å². The summed E-state index contributed by atoms with van der Waals surface area (Å²) in [4.78, 5) is 12.0. The van der Waals surface area contributed by atoms with Gasteiger partial charge in [-0.05, 0) is 19.1 Å². The van der Waals surface area contributed by atoms with Gasteiger partial charge in [0.15, 0.2) is 0 Å². The number of nitrogen functional groups attached to an aromatic ring is 1. The summed E-state index contributed by atoms with van der Waals surface area (Å²) in [6.07, 6.45) is 4.91. The smallest absolute Gasteiger partial charge is 0.240 e. The Bertz CT molecular complexity index is 474. The zero-order valence-corrected chi connectivity index (χ0v) is 8.71. The van der Waals surface area contributed by atoms with E-state index in [9.17, 15) is 0 Å². The molecular formula is C10H11N5O. The SMILES string of the molecule is Cc1cnc(NN)nc1Oc1cccnc1. The average Bonchev–Trinajstić information content (AvgIpc) is 2.33. The van der Waals surface area contributed by atoms with Gasteiger partial charge in [0.2, 0.25) is 11.8 Å². The normalized spacial score (nSPS) is 9.88. The van der Waals surface area contributed by atoms with Crippen molar-refractivity contribution in [3.05, 3.63) is 36.3 Å². The maximum atomic E-state index is 5.54. The molecular weight excluding hydrogens is 206 g/mol. The van der Waals surface area contributed by atoms with E-state index in [1.807, 2.05) is 6.92 Å². The van der Waals surface area contributed by atoms with Crippen molar-refractivity contribution in [2.75, 3.05) is 5.43 Å². The Kier molecular flexibility index (Phi) is 2.93. The lowest BCUT2D eigenvalue weighted by Gasteiger charge is -2.07. The van der Waals surface area contributed by atoms with Crippen LogP contribution in [-0.2, 0) is 0 Å². The zero-order chi connectivity index (χ0) is 11.4. The second-order valence-electron chi connectivity index (χ2n) is 3.12. The van der Waals surface area contributed by atoms with Gasteiger partial charge < -0.3 is 4.74 Å². The first-order valence-corrected chi connectivity index (χ1v) is 4.68. The number of aromatic nitrogens is 3. The standard InChI is InChI=1S/C10H11N5O/c1-7-5-13-10(15-11)14-9(7)16-8-3-2-4-12-6-8/h2-6H,11H2,1H3,(H,13,14,15). The molecule has 0 radical (unpaired) electrons. The van der Waals surface area contributed by atoms with Crippen LogP contribution in [0.3, 0.4) is 0 Å². The summed E-state index contributed by atoms with van der Waals surface area (Å²) < 4.78 is 5.54. The lowest BCUT2D eigenvalue weighted by Crippen LogP contribution is -2.11. The fourth-order valence-electron chi connectivity index (χ4n) is 1.12. The van der Waals surface area contributed by atoms with Gasteiger partial charge in [0.1, 0.15) is 5.75 Å². The number of aryl methyl sites for hydroxylation is 1. The largest absolute Gasteiger partial charge is 0.437 e. The topological polar surface area (TPSA) is 86.0 Å². The van der Waals surface area contributed by atoms with Crippen molar-refractivity contribution in [3.8, 4) is 11.6 Å². The monoisotopic (exact) mass is 217 g/mol. The predicted octanol–water partition coefficient (Wildman–Crippen LogP) is 1.26. The summed E-state index contributed by atoms with van der Waals surface area (Å²) in [7, 11) is 0. The first-order valence-electron chi connectivity index (χ1n) is 4.68. The molecule has 0 atom stereocenters. The van der Waals surface area contributed by atoms with Crippen molar-refractivity contribution >= 4 is 5.95 Å². The van der Waals surface area contributed by atoms with Crippen molar-refractivity contribution < 1.29 is 4.74 Å². The van der Waals surface area contributed by atoms with Gasteiger partial charge in [0.25, 0.3) is 0 Å². The molecule has 6 heteroatoms. The van der Waals surface area contributed by atoms with Gasteiger partial charge in [-0.1, -0.05) is 0 Å². The molecule has 2 aromatic rings. The molecule has 2 heterocycles. The number of hydrogen-bond acceptors (Lipinski definition) is 6. The second kappa shape index (κ2) is 4.54. The van der Waals surface area contributed by atoms with Crippen LogP contribution in [0.4, 0.5) is 5.95 Å². The Morgan fingerprint density at radius 2 is 2.25 bits per heavy atom. The van der Waals surface area contributed by atoms with Gasteiger partial charge in [0, 0.05) is 18.0 Å². The van der Waals surface area contributed by atoms with Crippen molar-refractivity contribution in [3.63, 3.8) is 0 Å². The van der Waals surface area contributed by atoms with Crippen LogP contribution >= 0.6 is 0 Å². The first kappa shape index (κ1) is 10.3. The fourth-order valence-corrected chi connectivity index (χ4v) is 1.12. The molecule has 0 aliphatic heterocycles. The summed E-state index contributed by atoms with van der Waals surface area (Å²) in [6.45, 7) is 1.85. The van der Waals surface area contributed by atoms with E-state index in [0.29, 0.717) is 17.6 Å². The minimum atomic E-state index is 0.310. The number of pyridine rings is 1. The average molecular weight is 217 g/mol. The second-order valence-corrected chi connectivity index (χ2v) is 3.12. The molecule has 0 unspecified atom stereocenters. The van der Waals surface area contributed by atoms with Crippen molar-refractivity contribution in [2.45, 2.75) is 6.92 Å². The molecule has 0 aromatic carbocycles. The van der Waals surface area contributed by atoms with Gasteiger partial charge in [-0.2, -0.15) is 4.98 Å². The number of nitrogens with one attached hydrogen (secondary N) is 1. The van der Waals surface area contributed by atoms with Crippen LogP contribution in [0.1, 0.15) is 5.56 Å². The fraction of sp³-hybridized carbons (Fsp3) is 0.100. The Hall–Kier alpha value is -2.21. The van der Waals surface area contributed by atoms with Crippen LogP contribution in [-0.4, -0.2) is 15.0 Å². The van der Waals surface area contributed by atoms with Crippen LogP contribution in [0.15, 0.2) is 30.7 Å². The van der Waals surface area contributed by atoms with E-state index in [0.717, 1.165) is 5.56 Å². The minimum Gasteiger partial charge on any atom is -0.437 e. The summed E-state index contributed by atoms with van der Waals surface area (Å²) >= 11 is 0. The number of rotatable bonds is 3. The molecule has 0 saturated heterocycles. The molecule has 0 bridgehead atoms. The molecule has 16 heavy (non-hydrogen) atoms. The Morgan fingerprint density at radius 1 is 1.38 bits per heavy atom. The van der Waals surface area contributed by atoms with Crippen molar-refractivity contribution in [1.29, 1.82) is 0 Å². The van der Waals surface area contributed by atoms with Gasteiger partial charge in [-0.25, -0.2) is 10.8 Å². The van der Waals surface area contributed by atoms with Crippen LogP contribution in [0.2, 0.25) is 0 Å². The number of hydrogen-bond donors (Lipinski definition) is 2. The highest BCUT2D eigenvalue weighted by atomic mass is 16.5. The van der Waals surface area contributed by atoms with E-state index < -0.39 is 0 Å². The van der Waals surface area contributed by atoms with Crippen LogP contribution < -0.4 is 16.0 Å². The van der Waals surface area contributed by atoms with Gasteiger partial charge >= 0.3 is 0 Å². The summed E-state index contributed by atoms with van der Waals surface area (Å²) in [6, 6.07) is 3.58. The third-order valence-electron chi connectivity index (χ3n) is 1.90. The Morgan fingerprint density at radius 3 is 2.94 bits per heavy atom. The van der Waals surface area contributed by atoms with Crippen molar-refractivity contribution in [2.24, 2.45) is 5.84 Å². The number of anilines is 1. The highest BCUT2D eigenvalue weighted by Gasteiger charge is 2.05. The quantitative estimate of drug-likeness (QED) is 0.594. The highest BCUT2D eigenvalue weighted by Crippen LogP contribution is 2.21. The lowest BCUT2D eigenvalue weighted by molar-refractivity contribution is 0.456. The van der Waals surface area contributed by atoms with Crippen LogP contribution in [0, 0.1) is 6.92 Å². The number of nitrogens with zero attached hydrogens (tertiary/aromatic N) is 3. The van der Waals surface area contributed by atoms with E-state index in [4.69, 9.17) is 10.6 Å². The van der Waals surface area contributed by atoms with Gasteiger partial charge in [-0.15, -0.1) is 0 Å². The van der Waals surface area contributed by atoms with Gasteiger partial charge in [0.05, 0.1) is 6.20 Å². The maximum Gasteiger partial charge on any atom is 0.240 e. The summed E-state index contributed by atoms with van der Waals surface area (Å²) in [5.41, 5.74) is 3.18. The molecule has 2 aromatic heterocycles. The highest BCUT2D eigenvalue weighted by molar-refractivity contribution is 5.34. The molecule has 0 aliphatic carbocycles. The number of nitrogens with two attached hydrogens (primary N) is 1. The Balaban J connectivity index is 2.27. The minimum absolute atomic E-state index is 0.310. The van der Waals surface area contributed by atoms with E-state index in [2.05, 4.69) is 20.4 Å². The first-order chi connectivity index (χ1) is 7.79. The van der Waals surface area contributed by atoms with Crippen LogP contribution in [0.5, 0.6) is 11.6 Å². The molecule has 82 valence electrons. The van der Waals surface area contributed by atoms with E-state index in [-0.39, 0.29) is 0 Å². The molecule has 0 saturated carbocycles. The molecule has 6 nitrogen and oxygen atoms in total. The molecule has 0 spiro atoms. The summed E-state index contributed by atoms with van der Waals surface area (Å²) in [5, 5.41) is 0. The summed E-state index contributed by atoms with van der Waals surface area (Å²) in [5.74, 6) is 6.60.